The van der Waals surface area contributed by atoms with E-state index in [9.17, 15) is 24.0 Å². The van der Waals surface area contributed by atoms with Gasteiger partial charge in [0.2, 0.25) is 17.7 Å². The molecule has 0 N–H and O–H groups in total. The van der Waals surface area contributed by atoms with Crippen LogP contribution in [0.4, 0.5) is 0 Å². The molecule has 0 unspecified atom stereocenters. The van der Waals surface area contributed by atoms with E-state index in [1.54, 1.807) is 43.5 Å². The zero-order valence-electron chi connectivity index (χ0n) is 22.6. The first kappa shape index (κ1) is 26.4. The van der Waals surface area contributed by atoms with Crippen LogP contribution in [0.5, 0.6) is 0 Å². The van der Waals surface area contributed by atoms with Gasteiger partial charge in [-0.3, -0.25) is 33.9 Å². The van der Waals surface area contributed by atoms with Crippen molar-refractivity contribution >= 4 is 29.6 Å². The molecule has 3 aromatic rings. The summed E-state index contributed by atoms with van der Waals surface area (Å²) in [5.74, 6) is -4.53. The number of hydrogen-bond acceptors (Lipinski definition) is 8. The lowest BCUT2D eigenvalue weighted by Crippen LogP contribution is -2.70. The van der Waals surface area contributed by atoms with Gasteiger partial charge in [-0.15, -0.1) is 0 Å². The Morgan fingerprint density at radius 3 is 2.44 bits per heavy atom. The van der Waals surface area contributed by atoms with E-state index in [0.717, 1.165) is 4.90 Å². The van der Waals surface area contributed by atoms with Crippen molar-refractivity contribution < 1.29 is 33.1 Å². The number of esters is 1. The number of carbonyl (C=O) groups is 5. The number of aromatic nitrogens is 1. The molecule has 4 amide bonds. The van der Waals surface area contributed by atoms with E-state index in [2.05, 4.69) is 4.98 Å². The lowest BCUT2D eigenvalue weighted by molar-refractivity contribution is -0.170. The molecule has 0 radical (unpaired) electrons. The molecule has 4 atom stereocenters. The Bertz CT molecular complexity index is 1540. The summed E-state index contributed by atoms with van der Waals surface area (Å²) in [4.78, 5) is 77.2. The van der Waals surface area contributed by atoms with Crippen molar-refractivity contribution in [1.82, 2.24) is 19.7 Å². The molecule has 210 valence electrons. The summed E-state index contributed by atoms with van der Waals surface area (Å²) >= 11 is 0. The molecule has 3 fully saturated rings. The molecule has 0 bridgehead atoms. The summed E-state index contributed by atoms with van der Waals surface area (Å²) in [6.07, 6.45) is 1.59. The van der Waals surface area contributed by atoms with Crippen molar-refractivity contribution in [3.63, 3.8) is 0 Å². The zero-order valence-corrected chi connectivity index (χ0v) is 22.6. The van der Waals surface area contributed by atoms with Gasteiger partial charge in [-0.1, -0.05) is 36.4 Å². The maximum absolute atomic E-state index is 14.7. The fraction of sp³-hybridized carbons (Fsp3) is 0.333. The van der Waals surface area contributed by atoms with Crippen molar-refractivity contribution in [3.05, 3.63) is 89.6 Å². The molecule has 41 heavy (non-hydrogen) atoms. The molecule has 5 heterocycles. The van der Waals surface area contributed by atoms with Gasteiger partial charge in [0.05, 0.1) is 31.2 Å². The second-order valence-electron chi connectivity index (χ2n) is 10.6. The van der Waals surface area contributed by atoms with Crippen LogP contribution < -0.4 is 0 Å². The summed E-state index contributed by atoms with van der Waals surface area (Å²) < 4.78 is 10.7. The van der Waals surface area contributed by atoms with Gasteiger partial charge in [0.25, 0.3) is 5.91 Å². The van der Waals surface area contributed by atoms with E-state index in [4.69, 9.17) is 9.15 Å². The first-order chi connectivity index (χ1) is 19.8. The van der Waals surface area contributed by atoms with Crippen molar-refractivity contribution in [3.8, 4) is 0 Å². The van der Waals surface area contributed by atoms with Crippen LogP contribution in [-0.4, -0.2) is 75.0 Å². The predicted molar refractivity (Wildman–Crippen MR) is 141 cm³/mol. The maximum Gasteiger partial charge on any atom is 0.325 e. The van der Waals surface area contributed by atoms with Crippen molar-refractivity contribution in [2.75, 3.05) is 20.2 Å². The molecule has 11 heteroatoms. The Labute approximate surface area is 235 Å². The molecule has 3 aliphatic rings. The number of pyridine rings is 1. The minimum atomic E-state index is -1.75. The minimum Gasteiger partial charge on any atom is -0.468 e. The smallest absolute Gasteiger partial charge is 0.325 e. The highest BCUT2D eigenvalue weighted by atomic mass is 16.5. The van der Waals surface area contributed by atoms with E-state index in [1.807, 2.05) is 30.3 Å². The minimum absolute atomic E-state index is 0.0143. The van der Waals surface area contributed by atoms with Crippen LogP contribution in [0.3, 0.4) is 0 Å². The highest BCUT2D eigenvalue weighted by Gasteiger charge is 2.75. The monoisotopic (exact) mass is 556 g/mol. The number of rotatable bonds is 7. The number of likely N-dealkylation sites (tertiary alicyclic amines) is 1. The second-order valence-corrected chi connectivity index (χ2v) is 10.6. The number of furan rings is 1. The molecule has 2 aromatic heterocycles. The van der Waals surface area contributed by atoms with E-state index in [1.165, 1.54) is 16.9 Å². The number of methoxy groups -OCH3 is 1. The standard InChI is InChI=1S/C30H28N4O7/c1-18-11-12-21(41-18)26-24-25(28(38)33(27(24)37)17-23(36)40-2)30(14-19-8-4-3-5-9-19)29(39)32(16-22(35)34(26)30)15-20-10-6-7-13-31-20/h3-13,24-26H,14-17H2,1-2H3/t24-,25-,26-,30-/m1/s1. The molecular weight excluding hydrogens is 528 g/mol. The summed E-state index contributed by atoms with van der Waals surface area (Å²) in [5, 5.41) is 0. The van der Waals surface area contributed by atoms with Crippen molar-refractivity contribution in [1.29, 1.82) is 0 Å². The van der Waals surface area contributed by atoms with E-state index in [0.29, 0.717) is 22.8 Å². The summed E-state index contributed by atoms with van der Waals surface area (Å²) in [7, 11) is 1.17. The number of aryl methyl sites for hydroxylation is 1. The number of piperazine rings is 1. The summed E-state index contributed by atoms with van der Waals surface area (Å²) in [6.45, 7) is 0.934. The van der Waals surface area contributed by atoms with E-state index in [-0.39, 0.29) is 19.5 Å². The van der Waals surface area contributed by atoms with Gasteiger partial charge in [0.1, 0.15) is 36.2 Å². The largest absolute Gasteiger partial charge is 0.468 e. The summed E-state index contributed by atoms with van der Waals surface area (Å²) in [5.41, 5.74) is -0.468. The predicted octanol–water partition coefficient (Wildman–Crippen LogP) is 1.66. The third-order valence-corrected chi connectivity index (χ3v) is 8.22. The SMILES string of the molecule is COC(=O)CN1C(=O)[C@H]2[C@@H](c3ccc(C)o3)N3C(=O)CN(Cc4ccccn4)C(=O)[C@@]3(Cc3ccccc3)[C@H]2C1=O. The van der Waals surface area contributed by atoms with Gasteiger partial charge in [-0.2, -0.15) is 0 Å². The van der Waals surface area contributed by atoms with Crippen LogP contribution >= 0.6 is 0 Å². The second kappa shape index (κ2) is 9.99. The van der Waals surface area contributed by atoms with Crippen LogP contribution in [0.15, 0.2) is 71.3 Å². The lowest BCUT2D eigenvalue weighted by Gasteiger charge is -2.48. The number of imide groups is 1. The molecular formula is C30H28N4O7. The Morgan fingerprint density at radius 1 is 1.02 bits per heavy atom. The third-order valence-electron chi connectivity index (χ3n) is 8.22. The van der Waals surface area contributed by atoms with Crippen LogP contribution in [0, 0.1) is 18.8 Å². The van der Waals surface area contributed by atoms with Crippen LogP contribution in [-0.2, 0) is 41.7 Å². The molecule has 3 saturated heterocycles. The average Bonchev–Trinajstić information content (AvgIpc) is 3.61. The number of amides is 4. The van der Waals surface area contributed by atoms with Crippen LogP contribution in [0.25, 0.3) is 0 Å². The first-order valence-electron chi connectivity index (χ1n) is 13.3. The first-order valence-corrected chi connectivity index (χ1v) is 13.3. The van der Waals surface area contributed by atoms with Gasteiger partial charge in [-0.25, -0.2) is 0 Å². The lowest BCUT2D eigenvalue weighted by atomic mass is 9.74. The quantitative estimate of drug-likeness (QED) is 0.317. The van der Waals surface area contributed by atoms with E-state index < -0.39 is 59.6 Å². The van der Waals surface area contributed by atoms with Crippen molar-refractivity contribution in [2.24, 2.45) is 11.8 Å². The van der Waals surface area contributed by atoms with Crippen LogP contribution in [0.2, 0.25) is 0 Å². The zero-order chi connectivity index (χ0) is 28.9. The topological polar surface area (TPSA) is 130 Å². The van der Waals surface area contributed by atoms with Gasteiger partial charge < -0.3 is 19.0 Å². The van der Waals surface area contributed by atoms with Gasteiger partial charge in [0, 0.05) is 12.6 Å². The molecule has 1 aromatic carbocycles. The average molecular weight is 557 g/mol. The molecule has 6 rings (SSSR count). The molecule has 0 spiro atoms. The fourth-order valence-electron chi connectivity index (χ4n) is 6.59. The third kappa shape index (κ3) is 4.11. The highest BCUT2D eigenvalue weighted by molar-refractivity contribution is 6.13. The Hall–Kier alpha value is -4.80. The van der Waals surface area contributed by atoms with Crippen molar-refractivity contribution in [2.45, 2.75) is 31.5 Å². The maximum atomic E-state index is 14.7. The molecule has 3 aliphatic heterocycles. The number of benzene rings is 1. The Kier molecular flexibility index (Phi) is 6.44. The molecule has 0 saturated carbocycles. The number of ether oxygens (including phenoxy) is 1. The van der Waals surface area contributed by atoms with Gasteiger partial charge in [0.15, 0.2) is 0 Å². The Balaban J connectivity index is 1.54. The Morgan fingerprint density at radius 2 is 1.78 bits per heavy atom. The van der Waals surface area contributed by atoms with E-state index >= 15 is 0 Å². The van der Waals surface area contributed by atoms with Gasteiger partial charge in [-0.05, 0) is 36.8 Å². The number of nitrogens with zero attached hydrogens (tertiary/aromatic N) is 4. The van der Waals surface area contributed by atoms with Crippen LogP contribution in [0.1, 0.15) is 28.8 Å². The number of fused-ring (bicyclic) bond motifs is 3. The highest BCUT2D eigenvalue weighted by Crippen LogP contribution is 2.58. The molecule has 0 aliphatic carbocycles. The number of hydrogen-bond donors (Lipinski definition) is 0. The fourth-order valence-corrected chi connectivity index (χ4v) is 6.59. The summed E-state index contributed by atoms with van der Waals surface area (Å²) in [6, 6.07) is 16.7. The number of carbonyl (C=O) groups excluding carboxylic acids is 5. The van der Waals surface area contributed by atoms with Gasteiger partial charge >= 0.3 is 5.97 Å². The normalized spacial score (nSPS) is 25.5. The molecule has 11 nitrogen and oxygen atoms in total.